The van der Waals surface area contributed by atoms with Gasteiger partial charge in [0.2, 0.25) is 0 Å². The quantitative estimate of drug-likeness (QED) is 0.814. The Bertz CT molecular complexity index is 537. The van der Waals surface area contributed by atoms with E-state index in [-0.39, 0.29) is 0 Å². The number of benzene rings is 1. The normalized spacial score (nSPS) is 10.9. The summed E-state index contributed by atoms with van der Waals surface area (Å²) >= 11 is 0. The zero-order valence-electron chi connectivity index (χ0n) is 10.9. The summed E-state index contributed by atoms with van der Waals surface area (Å²) in [5.41, 5.74) is 0.716. The van der Waals surface area contributed by atoms with E-state index in [9.17, 15) is 8.78 Å². The number of rotatable bonds is 6. The Hall–Kier alpha value is -1.75. The number of aromatic nitrogens is 2. The molecule has 5 heteroatoms. The lowest BCUT2D eigenvalue weighted by atomic mass is 10.2. The van der Waals surface area contributed by atoms with Crippen LogP contribution in [-0.4, -0.2) is 16.1 Å². The minimum Gasteiger partial charge on any atom is -0.329 e. The number of hydrogen-bond acceptors (Lipinski definition) is 2. The monoisotopic (exact) mass is 265 g/mol. The molecule has 0 saturated carbocycles. The van der Waals surface area contributed by atoms with E-state index in [0.717, 1.165) is 24.9 Å². The third kappa shape index (κ3) is 3.61. The predicted molar refractivity (Wildman–Crippen MR) is 69.7 cm³/mol. The van der Waals surface area contributed by atoms with Crippen molar-refractivity contribution in [1.29, 1.82) is 0 Å². The molecule has 0 unspecified atom stereocenters. The van der Waals surface area contributed by atoms with Crippen molar-refractivity contribution in [3.8, 4) is 0 Å². The van der Waals surface area contributed by atoms with Gasteiger partial charge in [-0.05, 0) is 30.7 Å². The highest BCUT2D eigenvalue weighted by Gasteiger charge is 2.06. The molecule has 19 heavy (non-hydrogen) atoms. The molecule has 2 rings (SSSR count). The van der Waals surface area contributed by atoms with Gasteiger partial charge in [0.25, 0.3) is 0 Å². The van der Waals surface area contributed by atoms with E-state index in [1.807, 2.05) is 10.8 Å². The molecule has 102 valence electrons. The molecule has 0 aliphatic rings. The Morgan fingerprint density at radius 1 is 1.26 bits per heavy atom. The molecule has 2 aromatic rings. The molecule has 3 nitrogen and oxygen atoms in total. The zero-order chi connectivity index (χ0) is 13.7. The van der Waals surface area contributed by atoms with Gasteiger partial charge in [0.15, 0.2) is 11.6 Å². The van der Waals surface area contributed by atoms with E-state index in [0.29, 0.717) is 18.7 Å². The van der Waals surface area contributed by atoms with Crippen molar-refractivity contribution < 1.29 is 8.78 Å². The lowest BCUT2D eigenvalue weighted by Gasteiger charge is -2.09. The van der Waals surface area contributed by atoms with Gasteiger partial charge in [0.05, 0.1) is 6.54 Å². The van der Waals surface area contributed by atoms with Gasteiger partial charge in [-0.2, -0.15) is 0 Å². The van der Waals surface area contributed by atoms with Crippen LogP contribution in [0.15, 0.2) is 30.6 Å². The van der Waals surface area contributed by atoms with Crippen LogP contribution in [0.3, 0.4) is 0 Å². The molecule has 1 N–H and O–H groups in total. The smallest absolute Gasteiger partial charge is 0.159 e. The third-order valence-corrected chi connectivity index (χ3v) is 2.85. The molecular weight excluding hydrogens is 248 g/mol. The molecule has 0 amide bonds. The fraction of sp³-hybridized carbons (Fsp3) is 0.357. The number of nitrogens with zero attached hydrogens (tertiary/aromatic N) is 2. The van der Waals surface area contributed by atoms with Crippen molar-refractivity contribution in [3.63, 3.8) is 0 Å². The van der Waals surface area contributed by atoms with E-state index in [2.05, 4.69) is 17.2 Å². The average Bonchev–Trinajstić information content (AvgIpc) is 2.82. The number of hydrogen-bond donors (Lipinski definition) is 1. The lowest BCUT2D eigenvalue weighted by molar-refractivity contribution is 0.506. The van der Waals surface area contributed by atoms with Crippen LogP contribution in [0.25, 0.3) is 0 Å². The Kier molecular flexibility index (Phi) is 4.63. The van der Waals surface area contributed by atoms with Gasteiger partial charge in [-0.1, -0.05) is 13.0 Å². The second-order valence-electron chi connectivity index (χ2n) is 4.40. The average molecular weight is 265 g/mol. The summed E-state index contributed by atoms with van der Waals surface area (Å²) in [6.07, 6.45) is 4.61. The summed E-state index contributed by atoms with van der Waals surface area (Å²) in [5, 5.41) is 3.27. The van der Waals surface area contributed by atoms with Crippen molar-refractivity contribution in [3.05, 3.63) is 53.6 Å². The van der Waals surface area contributed by atoms with Gasteiger partial charge in [0.1, 0.15) is 5.82 Å². The Morgan fingerprint density at radius 2 is 2.11 bits per heavy atom. The maximum Gasteiger partial charge on any atom is 0.159 e. The standard InChI is InChI=1S/C14H17F2N3/c1-2-5-17-9-14-18-6-7-19(14)10-11-3-4-12(15)13(16)8-11/h3-4,6-8,17H,2,5,9-10H2,1H3. The molecular formula is C14H17F2N3. The fourth-order valence-corrected chi connectivity index (χ4v) is 1.86. The van der Waals surface area contributed by atoms with Crippen LogP contribution in [0, 0.1) is 11.6 Å². The van der Waals surface area contributed by atoms with Crippen LogP contribution in [0.4, 0.5) is 8.78 Å². The molecule has 0 atom stereocenters. The summed E-state index contributed by atoms with van der Waals surface area (Å²) in [5.74, 6) is -0.749. The van der Waals surface area contributed by atoms with Crippen molar-refractivity contribution in [2.75, 3.05) is 6.54 Å². The van der Waals surface area contributed by atoms with E-state index < -0.39 is 11.6 Å². The molecule has 0 radical (unpaired) electrons. The largest absolute Gasteiger partial charge is 0.329 e. The van der Waals surface area contributed by atoms with E-state index >= 15 is 0 Å². The highest BCUT2D eigenvalue weighted by Crippen LogP contribution is 2.11. The van der Waals surface area contributed by atoms with Crippen LogP contribution >= 0.6 is 0 Å². The Labute approximate surface area is 111 Å². The zero-order valence-corrected chi connectivity index (χ0v) is 10.9. The predicted octanol–water partition coefficient (Wildman–Crippen LogP) is 2.71. The van der Waals surface area contributed by atoms with Gasteiger partial charge in [-0.15, -0.1) is 0 Å². The second kappa shape index (κ2) is 6.43. The number of imidazole rings is 1. The lowest BCUT2D eigenvalue weighted by Crippen LogP contribution is -2.18. The Morgan fingerprint density at radius 3 is 2.84 bits per heavy atom. The van der Waals surface area contributed by atoms with Crippen molar-refractivity contribution in [2.24, 2.45) is 0 Å². The highest BCUT2D eigenvalue weighted by atomic mass is 19.2. The van der Waals surface area contributed by atoms with Gasteiger partial charge >= 0.3 is 0 Å². The summed E-state index contributed by atoms with van der Waals surface area (Å²) in [6, 6.07) is 3.96. The molecule has 0 fully saturated rings. The summed E-state index contributed by atoms with van der Waals surface area (Å²) in [6.45, 7) is 4.18. The van der Waals surface area contributed by atoms with Crippen LogP contribution in [0.2, 0.25) is 0 Å². The summed E-state index contributed by atoms with van der Waals surface area (Å²) < 4.78 is 27.9. The van der Waals surface area contributed by atoms with E-state index in [4.69, 9.17) is 0 Å². The first-order chi connectivity index (χ1) is 9.20. The maximum absolute atomic E-state index is 13.1. The molecule has 0 spiro atoms. The van der Waals surface area contributed by atoms with Crippen LogP contribution < -0.4 is 5.32 Å². The highest BCUT2D eigenvalue weighted by molar-refractivity contribution is 5.18. The van der Waals surface area contributed by atoms with Crippen LogP contribution in [0.5, 0.6) is 0 Å². The van der Waals surface area contributed by atoms with Crippen molar-refractivity contribution in [1.82, 2.24) is 14.9 Å². The fourth-order valence-electron chi connectivity index (χ4n) is 1.86. The van der Waals surface area contributed by atoms with Crippen LogP contribution in [-0.2, 0) is 13.1 Å². The first kappa shape index (κ1) is 13.7. The number of halogens is 2. The van der Waals surface area contributed by atoms with E-state index in [1.165, 1.54) is 6.07 Å². The maximum atomic E-state index is 13.1. The number of nitrogens with one attached hydrogen (secondary N) is 1. The first-order valence-electron chi connectivity index (χ1n) is 6.35. The second-order valence-corrected chi connectivity index (χ2v) is 4.40. The molecule has 0 saturated heterocycles. The van der Waals surface area contributed by atoms with Crippen molar-refractivity contribution >= 4 is 0 Å². The van der Waals surface area contributed by atoms with Gasteiger partial charge in [0, 0.05) is 18.9 Å². The minimum atomic E-state index is -0.820. The Balaban J connectivity index is 2.06. The summed E-state index contributed by atoms with van der Waals surface area (Å²) in [7, 11) is 0. The molecule has 0 aliphatic carbocycles. The molecule has 1 aromatic carbocycles. The van der Waals surface area contributed by atoms with Crippen molar-refractivity contribution in [2.45, 2.75) is 26.4 Å². The first-order valence-corrected chi connectivity index (χ1v) is 6.35. The van der Waals surface area contributed by atoms with Gasteiger partial charge < -0.3 is 9.88 Å². The topological polar surface area (TPSA) is 29.9 Å². The van der Waals surface area contributed by atoms with Gasteiger partial charge in [-0.3, -0.25) is 0 Å². The summed E-state index contributed by atoms with van der Waals surface area (Å²) in [4.78, 5) is 4.26. The minimum absolute atomic E-state index is 0.486. The molecule has 0 aliphatic heterocycles. The van der Waals surface area contributed by atoms with E-state index in [1.54, 1.807) is 12.3 Å². The molecule has 1 aromatic heterocycles. The van der Waals surface area contributed by atoms with Gasteiger partial charge in [-0.25, -0.2) is 13.8 Å². The van der Waals surface area contributed by atoms with Crippen LogP contribution in [0.1, 0.15) is 24.7 Å². The molecule has 1 heterocycles. The molecule has 0 bridgehead atoms. The third-order valence-electron chi connectivity index (χ3n) is 2.85. The SMILES string of the molecule is CCCNCc1nccn1Cc1ccc(F)c(F)c1.